The Balaban J connectivity index is 2.12. The number of ether oxygens (including phenoxy) is 1. The minimum absolute atomic E-state index is 0.211. The average Bonchev–Trinajstić information content (AvgIpc) is 2.84. The second-order valence-electron chi connectivity index (χ2n) is 6.00. The minimum atomic E-state index is -0.687. The van der Waals surface area contributed by atoms with E-state index in [2.05, 4.69) is 16.8 Å². The number of hydrogen-bond acceptors (Lipinski definition) is 6. The van der Waals surface area contributed by atoms with Gasteiger partial charge in [-0.25, -0.2) is 4.98 Å². The molecule has 0 aliphatic carbocycles. The zero-order chi connectivity index (χ0) is 15.5. The van der Waals surface area contributed by atoms with Gasteiger partial charge in [0.1, 0.15) is 5.41 Å². The first-order chi connectivity index (χ1) is 9.95. The van der Waals surface area contributed by atoms with E-state index < -0.39 is 5.41 Å². The lowest BCUT2D eigenvalue weighted by Crippen LogP contribution is -2.32. The number of rotatable bonds is 4. The quantitative estimate of drug-likeness (QED) is 0.797. The highest BCUT2D eigenvalue weighted by molar-refractivity contribution is 7.13. The van der Waals surface area contributed by atoms with Crippen molar-refractivity contribution in [3.8, 4) is 0 Å². The molecule has 0 spiro atoms. The number of aromatic nitrogens is 1. The van der Waals surface area contributed by atoms with E-state index in [1.807, 2.05) is 26.2 Å². The molecule has 0 atom stereocenters. The van der Waals surface area contributed by atoms with Gasteiger partial charge in [0.25, 0.3) is 0 Å². The first kappa shape index (κ1) is 16.2. The van der Waals surface area contributed by atoms with Crippen molar-refractivity contribution in [3.63, 3.8) is 0 Å². The van der Waals surface area contributed by atoms with Crippen LogP contribution in [-0.4, -0.2) is 55.7 Å². The molecule has 0 radical (unpaired) electrons. The second kappa shape index (κ2) is 6.75. The Morgan fingerprint density at radius 2 is 2.14 bits per heavy atom. The number of nitrogens with zero attached hydrogens (tertiary/aromatic N) is 3. The lowest BCUT2D eigenvalue weighted by atomic mass is 9.90. The molecule has 1 saturated heterocycles. The van der Waals surface area contributed by atoms with Crippen molar-refractivity contribution in [1.29, 1.82) is 0 Å². The topological polar surface area (TPSA) is 45.7 Å². The van der Waals surface area contributed by atoms with Gasteiger partial charge < -0.3 is 14.5 Å². The Labute approximate surface area is 130 Å². The standard InChI is InChI=1S/C15H25N3O2S/c1-5-20-13(19)15(2,3)12-11-21-14(16-12)18-8-6-7-17(4)9-10-18/h11H,5-10H2,1-4H3. The summed E-state index contributed by atoms with van der Waals surface area (Å²) >= 11 is 1.62. The Bertz CT molecular complexity index is 487. The maximum atomic E-state index is 12.1. The van der Waals surface area contributed by atoms with E-state index in [9.17, 15) is 4.79 Å². The van der Waals surface area contributed by atoms with Crippen LogP contribution in [0.4, 0.5) is 5.13 Å². The molecule has 1 aromatic heterocycles. The summed E-state index contributed by atoms with van der Waals surface area (Å²) < 4.78 is 5.16. The normalized spacial score (nSPS) is 17.6. The third-order valence-corrected chi connectivity index (χ3v) is 4.81. The van der Waals surface area contributed by atoms with Crippen molar-refractivity contribution in [3.05, 3.63) is 11.1 Å². The number of carbonyl (C=O) groups excluding carboxylic acids is 1. The Morgan fingerprint density at radius 3 is 2.86 bits per heavy atom. The first-order valence-electron chi connectivity index (χ1n) is 7.52. The van der Waals surface area contributed by atoms with E-state index >= 15 is 0 Å². The Kier molecular flexibility index (Phi) is 5.22. The molecule has 2 rings (SSSR count). The van der Waals surface area contributed by atoms with Crippen LogP contribution in [-0.2, 0) is 14.9 Å². The molecular formula is C15H25N3O2S. The van der Waals surface area contributed by atoms with Crippen molar-refractivity contribution in [2.24, 2.45) is 0 Å². The van der Waals surface area contributed by atoms with Crippen molar-refractivity contribution < 1.29 is 9.53 Å². The Morgan fingerprint density at radius 1 is 1.38 bits per heavy atom. The van der Waals surface area contributed by atoms with Crippen LogP contribution in [0.2, 0.25) is 0 Å². The van der Waals surface area contributed by atoms with E-state index in [4.69, 9.17) is 9.72 Å². The molecule has 0 amide bonds. The zero-order valence-electron chi connectivity index (χ0n) is 13.4. The third-order valence-electron chi connectivity index (χ3n) is 3.91. The summed E-state index contributed by atoms with van der Waals surface area (Å²) in [4.78, 5) is 21.4. The summed E-state index contributed by atoms with van der Waals surface area (Å²) in [5, 5.41) is 3.00. The molecule has 1 aromatic rings. The summed E-state index contributed by atoms with van der Waals surface area (Å²) in [6.07, 6.45) is 1.15. The summed E-state index contributed by atoms with van der Waals surface area (Å²) in [7, 11) is 2.15. The number of likely N-dealkylation sites (N-methyl/N-ethyl adjacent to an activating group) is 1. The van der Waals surface area contributed by atoms with Gasteiger partial charge in [-0.3, -0.25) is 4.79 Å². The maximum Gasteiger partial charge on any atom is 0.317 e. The lowest BCUT2D eigenvalue weighted by Gasteiger charge is -2.21. The van der Waals surface area contributed by atoms with Crippen LogP contribution in [0, 0.1) is 0 Å². The van der Waals surface area contributed by atoms with Gasteiger partial charge in [-0.05, 0) is 40.8 Å². The van der Waals surface area contributed by atoms with Crippen LogP contribution in [0.25, 0.3) is 0 Å². The van der Waals surface area contributed by atoms with Crippen molar-refractivity contribution in [2.75, 3.05) is 44.7 Å². The van der Waals surface area contributed by atoms with Crippen LogP contribution in [0.5, 0.6) is 0 Å². The van der Waals surface area contributed by atoms with Gasteiger partial charge in [-0.15, -0.1) is 11.3 Å². The fraction of sp³-hybridized carbons (Fsp3) is 0.733. The van der Waals surface area contributed by atoms with Gasteiger partial charge in [0.2, 0.25) is 0 Å². The molecule has 21 heavy (non-hydrogen) atoms. The molecule has 5 nitrogen and oxygen atoms in total. The summed E-state index contributed by atoms with van der Waals surface area (Å²) in [6, 6.07) is 0. The molecule has 1 aliphatic heterocycles. The number of thiazole rings is 1. The van der Waals surface area contributed by atoms with E-state index in [0.717, 1.165) is 43.4 Å². The van der Waals surface area contributed by atoms with E-state index in [1.54, 1.807) is 11.3 Å². The van der Waals surface area contributed by atoms with Gasteiger partial charge in [-0.1, -0.05) is 0 Å². The number of carbonyl (C=O) groups is 1. The SMILES string of the molecule is CCOC(=O)C(C)(C)c1csc(N2CCCN(C)CC2)n1. The fourth-order valence-corrected chi connectivity index (χ4v) is 3.40. The molecule has 0 N–H and O–H groups in total. The van der Waals surface area contributed by atoms with Crippen LogP contribution in [0.3, 0.4) is 0 Å². The van der Waals surface area contributed by atoms with E-state index in [1.165, 1.54) is 0 Å². The molecular weight excluding hydrogens is 286 g/mol. The molecule has 0 unspecified atom stereocenters. The van der Waals surface area contributed by atoms with Gasteiger partial charge in [0, 0.05) is 25.0 Å². The largest absolute Gasteiger partial charge is 0.465 e. The monoisotopic (exact) mass is 311 g/mol. The smallest absolute Gasteiger partial charge is 0.317 e. The van der Waals surface area contributed by atoms with Crippen LogP contribution < -0.4 is 4.90 Å². The molecule has 0 bridgehead atoms. The number of hydrogen-bond donors (Lipinski definition) is 0. The van der Waals surface area contributed by atoms with Crippen LogP contribution in [0.15, 0.2) is 5.38 Å². The van der Waals surface area contributed by atoms with E-state index in [0.29, 0.717) is 6.61 Å². The summed E-state index contributed by atoms with van der Waals surface area (Å²) in [5.41, 5.74) is 0.117. The van der Waals surface area contributed by atoms with Gasteiger partial charge in [0.05, 0.1) is 12.3 Å². The minimum Gasteiger partial charge on any atom is -0.465 e. The number of anilines is 1. The van der Waals surface area contributed by atoms with Crippen molar-refractivity contribution >= 4 is 22.4 Å². The predicted octanol–water partition coefficient (Wildman–Crippen LogP) is 2.13. The average molecular weight is 311 g/mol. The molecule has 6 heteroatoms. The fourth-order valence-electron chi connectivity index (χ4n) is 2.35. The van der Waals surface area contributed by atoms with Gasteiger partial charge in [0.15, 0.2) is 5.13 Å². The molecule has 1 aliphatic rings. The lowest BCUT2D eigenvalue weighted by molar-refractivity contribution is -0.148. The van der Waals surface area contributed by atoms with Crippen molar-refractivity contribution in [2.45, 2.75) is 32.6 Å². The molecule has 0 saturated carbocycles. The Hall–Kier alpha value is -1.14. The molecule has 118 valence electrons. The van der Waals surface area contributed by atoms with Crippen LogP contribution >= 0.6 is 11.3 Å². The van der Waals surface area contributed by atoms with E-state index in [-0.39, 0.29) is 5.97 Å². The highest BCUT2D eigenvalue weighted by Gasteiger charge is 2.34. The highest BCUT2D eigenvalue weighted by atomic mass is 32.1. The number of esters is 1. The predicted molar refractivity (Wildman–Crippen MR) is 86.1 cm³/mol. The van der Waals surface area contributed by atoms with Gasteiger partial charge in [-0.2, -0.15) is 0 Å². The maximum absolute atomic E-state index is 12.1. The molecule has 0 aromatic carbocycles. The highest BCUT2D eigenvalue weighted by Crippen LogP contribution is 2.30. The second-order valence-corrected chi connectivity index (χ2v) is 6.84. The molecule has 1 fully saturated rings. The van der Waals surface area contributed by atoms with Crippen LogP contribution in [0.1, 0.15) is 32.9 Å². The van der Waals surface area contributed by atoms with Crippen molar-refractivity contribution in [1.82, 2.24) is 9.88 Å². The molecule has 2 heterocycles. The van der Waals surface area contributed by atoms with Gasteiger partial charge >= 0.3 is 5.97 Å². The first-order valence-corrected chi connectivity index (χ1v) is 8.40. The summed E-state index contributed by atoms with van der Waals surface area (Å²) in [5.74, 6) is -0.211. The third kappa shape index (κ3) is 3.74. The summed E-state index contributed by atoms with van der Waals surface area (Å²) in [6.45, 7) is 10.2. The zero-order valence-corrected chi connectivity index (χ0v) is 14.2.